The summed E-state index contributed by atoms with van der Waals surface area (Å²) in [6, 6.07) is 6.30. The van der Waals surface area contributed by atoms with Crippen LogP contribution in [0.1, 0.15) is 21.7 Å². The predicted molar refractivity (Wildman–Crippen MR) is 78.5 cm³/mol. The van der Waals surface area contributed by atoms with E-state index in [1.54, 1.807) is 19.1 Å². The number of sulfone groups is 1. The molecule has 4 N–H and O–H groups in total. The third kappa shape index (κ3) is 3.40. The highest BCUT2D eigenvalue weighted by Crippen LogP contribution is 2.13. The van der Waals surface area contributed by atoms with Gasteiger partial charge in [0.15, 0.2) is 15.5 Å². The molecular formula is C13H16N4O3S. The van der Waals surface area contributed by atoms with E-state index in [0.717, 1.165) is 11.8 Å². The number of carbonyl (C=O) groups excluding carboxylic acids is 1. The normalized spacial score (nSPS) is 11.3. The van der Waals surface area contributed by atoms with Gasteiger partial charge < -0.3 is 11.1 Å². The van der Waals surface area contributed by atoms with Crippen molar-refractivity contribution < 1.29 is 13.2 Å². The van der Waals surface area contributed by atoms with Gasteiger partial charge >= 0.3 is 0 Å². The average Bonchev–Trinajstić information content (AvgIpc) is 2.76. The monoisotopic (exact) mass is 308 g/mol. The summed E-state index contributed by atoms with van der Waals surface area (Å²) in [5, 5.41) is 9.15. The molecule has 0 fully saturated rings. The fourth-order valence-electron chi connectivity index (χ4n) is 1.73. The molecule has 1 heterocycles. The van der Waals surface area contributed by atoms with Crippen molar-refractivity contribution in [2.75, 3.05) is 12.0 Å². The van der Waals surface area contributed by atoms with Crippen LogP contribution in [0.3, 0.4) is 0 Å². The van der Waals surface area contributed by atoms with Gasteiger partial charge in [0, 0.05) is 12.8 Å². The van der Waals surface area contributed by atoms with E-state index in [-0.39, 0.29) is 23.0 Å². The molecule has 0 unspecified atom stereocenters. The van der Waals surface area contributed by atoms with Crippen molar-refractivity contribution in [1.82, 2.24) is 15.5 Å². The van der Waals surface area contributed by atoms with Crippen LogP contribution < -0.4 is 11.1 Å². The van der Waals surface area contributed by atoms with Crippen LogP contribution in [-0.2, 0) is 16.4 Å². The highest BCUT2D eigenvalue weighted by Gasteiger charge is 2.14. The Kier molecular flexibility index (Phi) is 3.99. The highest BCUT2D eigenvalue weighted by molar-refractivity contribution is 7.90. The van der Waals surface area contributed by atoms with Gasteiger partial charge in [-0.25, -0.2) is 8.42 Å². The van der Waals surface area contributed by atoms with Gasteiger partial charge in [-0.05, 0) is 24.6 Å². The van der Waals surface area contributed by atoms with E-state index in [1.807, 2.05) is 0 Å². The molecule has 2 aromatic rings. The van der Waals surface area contributed by atoms with E-state index in [1.165, 1.54) is 12.1 Å². The second-order valence-corrected chi connectivity index (χ2v) is 6.73. The van der Waals surface area contributed by atoms with Crippen molar-refractivity contribution in [1.29, 1.82) is 0 Å². The number of H-pyrrole nitrogens is 1. The second-order valence-electron chi connectivity index (χ2n) is 4.71. The lowest BCUT2D eigenvalue weighted by Crippen LogP contribution is -2.24. The van der Waals surface area contributed by atoms with Gasteiger partial charge in [0.2, 0.25) is 0 Å². The maximum atomic E-state index is 11.9. The summed E-state index contributed by atoms with van der Waals surface area (Å²) in [7, 11) is -3.21. The number of hydrogen-bond donors (Lipinski definition) is 3. The first-order valence-corrected chi connectivity index (χ1v) is 8.06. The van der Waals surface area contributed by atoms with Crippen LogP contribution in [0.4, 0.5) is 5.69 Å². The lowest BCUT2D eigenvalue weighted by Gasteiger charge is -2.05. The number of nitrogens with one attached hydrogen (secondary N) is 2. The Bertz CT molecular complexity index is 763. The molecule has 0 spiro atoms. The van der Waals surface area contributed by atoms with Crippen molar-refractivity contribution in [2.24, 2.45) is 0 Å². The smallest absolute Gasteiger partial charge is 0.274 e. The Labute approximate surface area is 122 Å². The first-order valence-electron chi connectivity index (χ1n) is 6.16. The molecule has 0 aliphatic carbocycles. The molecule has 2 rings (SSSR count). The molecule has 0 saturated heterocycles. The van der Waals surface area contributed by atoms with Crippen molar-refractivity contribution >= 4 is 21.4 Å². The number of aromatic nitrogens is 2. The molecule has 7 nitrogen and oxygen atoms in total. The van der Waals surface area contributed by atoms with Crippen LogP contribution >= 0.6 is 0 Å². The average molecular weight is 308 g/mol. The number of rotatable bonds is 4. The minimum atomic E-state index is -3.21. The minimum Gasteiger partial charge on any atom is -0.395 e. The summed E-state index contributed by atoms with van der Waals surface area (Å²) in [5.41, 5.74) is 7.61. The molecule has 0 bridgehead atoms. The van der Waals surface area contributed by atoms with Crippen LogP contribution in [0.15, 0.2) is 29.2 Å². The summed E-state index contributed by atoms with van der Waals surface area (Å²) >= 11 is 0. The highest BCUT2D eigenvalue weighted by atomic mass is 32.2. The molecule has 1 amide bonds. The van der Waals surface area contributed by atoms with Crippen molar-refractivity contribution in [3.63, 3.8) is 0 Å². The number of aromatic amines is 1. The Morgan fingerprint density at radius 3 is 2.43 bits per heavy atom. The molecule has 0 aliphatic heterocycles. The molecule has 8 heteroatoms. The molecule has 1 aromatic carbocycles. The minimum absolute atomic E-state index is 0.153. The standard InChI is InChI=1S/C13H16N4O3S/c1-8-11(14)12(17-16-8)13(18)15-7-9-3-5-10(6-4-9)21(2,19)20/h3-6H,7,14H2,1-2H3,(H,15,18)(H,16,17). The van der Waals surface area contributed by atoms with Crippen LogP contribution in [0.25, 0.3) is 0 Å². The fourth-order valence-corrected chi connectivity index (χ4v) is 2.36. The van der Waals surface area contributed by atoms with E-state index in [2.05, 4.69) is 15.5 Å². The topological polar surface area (TPSA) is 118 Å². The zero-order valence-corrected chi connectivity index (χ0v) is 12.5. The summed E-state index contributed by atoms with van der Waals surface area (Å²) in [6.07, 6.45) is 1.15. The van der Waals surface area contributed by atoms with Gasteiger partial charge in [-0.1, -0.05) is 12.1 Å². The van der Waals surface area contributed by atoms with Crippen molar-refractivity contribution in [3.8, 4) is 0 Å². The Balaban J connectivity index is 2.03. The Morgan fingerprint density at radius 1 is 1.33 bits per heavy atom. The van der Waals surface area contributed by atoms with Crippen LogP contribution in [0.5, 0.6) is 0 Å². The molecule has 0 atom stereocenters. The summed E-state index contributed by atoms with van der Waals surface area (Å²) in [5.74, 6) is -0.385. The van der Waals surface area contributed by atoms with E-state index in [4.69, 9.17) is 5.73 Å². The fraction of sp³-hybridized carbons (Fsp3) is 0.231. The number of nitrogens with two attached hydrogens (primary N) is 1. The van der Waals surface area contributed by atoms with Gasteiger partial charge in [0.05, 0.1) is 16.3 Å². The third-order valence-corrected chi connectivity index (χ3v) is 4.14. The maximum Gasteiger partial charge on any atom is 0.274 e. The number of nitrogen functional groups attached to an aromatic ring is 1. The first kappa shape index (κ1) is 15.0. The lowest BCUT2D eigenvalue weighted by molar-refractivity contribution is 0.0946. The van der Waals surface area contributed by atoms with Gasteiger partial charge in [0.1, 0.15) is 0 Å². The third-order valence-electron chi connectivity index (χ3n) is 3.01. The first-order chi connectivity index (χ1) is 9.79. The predicted octanol–water partition coefficient (Wildman–Crippen LogP) is 0.634. The number of amides is 1. The molecular weight excluding hydrogens is 292 g/mol. The SMILES string of the molecule is Cc1[nH]nc(C(=O)NCc2ccc(S(C)(=O)=O)cc2)c1N. The molecule has 0 saturated carbocycles. The van der Waals surface area contributed by atoms with Gasteiger partial charge in [-0.2, -0.15) is 5.10 Å². The zero-order chi connectivity index (χ0) is 15.6. The number of benzene rings is 1. The number of nitrogens with zero attached hydrogens (tertiary/aromatic N) is 1. The Hall–Kier alpha value is -2.35. The zero-order valence-electron chi connectivity index (χ0n) is 11.7. The molecule has 0 radical (unpaired) electrons. The molecule has 21 heavy (non-hydrogen) atoms. The molecule has 0 aliphatic rings. The molecule has 112 valence electrons. The van der Waals surface area contributed by atoms with Crippen LogP contribution in [0.2, 0.25) is 0 Å². The van der Waals surface area contributed by atoms with Gasteiger partial charge in [-0.3, -0.25) is 9.89 Å². The number of aryl methyl sites for hydroxylation is 1. The summed E-state index contributed by atoms with van der Waals surface area (Å²) in [6.45, 7) is 1.98. The van der Waals surface area contributed by atoms with Crippen molar-refractivity contribution in [2.45, 2.75) is 18.4 Å². The Morgan fingerprint density at radius 2 is 1.95 bits per heavy atom. The lowest BCUT2D eigenvalue weighted by atomic mass is 10.2. The summed E-state index contributed by atoms with van der Waals surface area (Å²) in [4.78, 5) is 12.1. The van der Waals surface area contributed by atoms with E-state index < -0.39 is 9.84 Å². The number of carbonyl (C=O) groups is 1. The van der Waals surface area contributed by atoms with Gasteiger partial charge in [0.25, 0.3) is 5.91 Å². The van der Waals surface area contributed by atoms with E-state index in [0.29, 0.717) is 11.4 Å². The van der Waals surface area contributed by atoms with Crippen LogP contribution in [-0.4, -0.2) is 30.8 Å². The van der Waals surface area contributed by atoms with Crippen LogP contribution in [0, 0.1) is 6.92 Å². The number of hydrogen-bond acceptors (Lipinski definition) is 5. The van der Waals surface area contributed by atoms with E-state index in [9.17, 15) is 13.2 Å². The van der Waals surface area contributed by atoms with Gasteiger partial charge in [-0.15, -0.1) is 0 Å². The maximum absolute atomic E-state index is 11.9. The van der Waals surface area contributed by atoms with Crippen molar-refractivity contribution in [3.05, 3.63) is 41.2 Å². The largest absolute Gasteiger partial charge is 0.395 e. The molecule has 1 aromatic heterocycles. The quantitative estimate of drug-likeness (QED) is 0.765. The van der Waals surface area contributed by atoms with E-state index >= 15 is 0 Å². The number of anilines is 1. The summed E-state index contributed by atoms with van der Waals surface area (Å²) < 4.78 is 22.7. The second kappa shape index (κ2) is 5.57.